The average molecular weight is 866 g/mol. The van der Waals surface area contributed by atoms with E-state index < -0.39 is 15.6 Å². The molecule has 0 aromatic heterocycles. The zero-order valence-corrected chi connectivity index (χ0v) is 26.1. The van der Waals surface area contributed by atoms with Gasteiger partial charge >= 0.3 is 108 Å². The van der Waals surface area contributed by atoms with Crippen molar-refractivity contribution in [2.75, 3.05) is 0 Å². The van der Waals surface area contributed by atoms with E-state index in [2.05, 4.69) is 109 Å². The van der Waals surface area contributed by atoms with Crippen molar-refractivity contribution < 1.29 is 97.5 Å². The van der Waals surface area contributed by atoms with Gasteiger partial charge in [0.15, 0.2) is 14.3 Å². The third-order valence-corrected chi connectivity index (χ3v) is 9.13. The van der Waals surface area contributed by atoms with Crippen LogP contribution in [-0.4, -0.2) is 0 Å². The van der Waals surface area contributed by atoms with Crippen molar-refractivity contribution >= 4 is 15.6 Å². The van der Waals surface area contributed by atoms with Gasteiger partial charge in [0.2, 0.25) is 0 Å². The second kappa shape index (κ2) is 11.7. The summed E-state index contributed by atoms with van der Waals surface area (Å²) in [5.41, 5.74) is 0. The van der Waals surface area contributed by atoms with Gasteiger partial charge in [-0.05, 0) is 72.8 Å². The smallest absolute Gasteiger partial charge is 0.357 e. The van der Waals surface area contributed by atoms with E-state index in [1.165, 1.54) is 14.3 Å². The molecule has 4 aromatic rings. The molecule has 0 radical (unpaired) electrons. The largest absolute Gasteiger partial charge is 0.457 e. The van der Waals surface area contributed by atoms with Gasteiger partial charge in [0.25, 0.3) is 0 Å². The molecule has 41 heavy (non-hydrogen) atoms. The molecule has 0 bridgehead atoms. The maximum Gasteiger partial charge on any atom is 0.357 e. The Morgan fingerprint density at radius 2 is 0.561 bits per heavy atom. The van der Waals surface area contributed by atoms with E-state index >= 15 is 0 Å². The van der Waals surface area contributed by atoms with E-state index in [9.17, 15) is 50.4 Å². The predicted molar refractivity (Wildman–Crippen MR) is 128 cm³/mol. The van der Waals surface area contributed by atoms with Crippen LogP contribution in [-0.2, 0) is 0 Å². The van der Waals surface area contributed by atoms with E-state index in [0.29, 0.717) is 0 Å². The van der Waals surface area contributed by atoms with E-state index in [1.807, 2.05) is 0 Å². The van der Waals surface area contributed by atoms with Gasteiger partial charge in [-0.2, -0.15) is 0 Å². The first-order valence-electron chi connectivity index (χ1n) is 10.7. The van der Waals surface area contributed by atoms with Gasteiger partial charge in [-0.3, -0.25) is 0 Å². The summed E-state index contributed by atoms with van der Waals surface area (Å²) in [6.45, 7) is 0. The maximum absolute atomic E-state index is 10.7. The number of ether oxygens (including phenoxy) is 1. The van der Waals surface area contributed by atoms with E-state index in [1.54, 1.807) is 0 Å². The first-order chi connectivity index (χ1) is 18.2. The van der Waals surface area contributed by atoms with E-state index in [4.69, 9.17) is 4.74 Å². The maximum atomic E-state index is 9.87. The van der Waals surface area contributed by atoms with Crippen molar-refractivity contribution in [2.45, 2.75) is 0 Å². The Bertz CT molecular complexity index is 1270. The van der Waals surface area contributed by atoms with Crippen LogP contribution in [0.15, 0.2) is 109 Å². The Labute approximate surface area is 246 Å². The molecule has 0 aliphatic heterocycles. The van der Waals surface area contributed by atoms with E-state index in [-0.39, 0.29) is 42.4 Å². The fraction of sp³-hybridized carbons (Fsp3) is 0. The van der Waals surface area contributed by atoms with Gasteiger partial charge in [0.1, 0.15) is 11.5 Å². The van der Waals surface area contributed by atoms with Crippen LogP contribution < -0.4 is 47.1 Å². The molecule has 0 heterocycles. The van der Waals surface area contributed by atoms with Crippen molar-refractivity contribution in [3.63, 3.8) is 0 Å². The predicted octanol–water partition coefficient (Wildman–Crippen LogP) is 6.50. The Kier molecular flexibility index (Phi) is 10.1. The molecule has 228 valence electrons. The molecule has 0 amide bonds. The van der Waals surface area contributed by atoms with Crippen molar-refractivity contribution in [2.24, 2.45) is 0 Å². The van der Waals surface area contributed by atoms with Gasteiger partial charge < -0.3 is 4.74 Å². The van der Waals surface area contributed by atoms with Crippen molar-refractivity contribution in [3.05, 3.63) is 123 Å². The SMILES string of the molecule is F[P-](F)(F)(F)(F)F.F[P-](F)(F)(F)(F)F.c1ccc([I+]c2ccc(Oc3ccc([I+]c4ccccc4)cc3)cc2)cc1. The molecule has 0 aliphatic carbocycles. The van der Waals surface area contributed by atoms with Crippen LogP contribution in [0, 0.1) is 14.3 Å². The molecule has 0 saturated carbocycles. The molecule has 0 spiro atoms. The van der Waals surface area contributed by atoms with Gasteiger partial charge in [0, 0.05) is 0 Å². The zero-order valence-electron chi connectivity index (χ0n) is 20.0. The average Bonchev–Trinajstić information content (AvgIpc) is 2.79. The monoisotopic (exact) mass is 866 g/mol. The fourth-order valence-electron chi connectivity index (χ4n) is 2.47. The Morgan fingerprint density at radius 1 is 0.341 bits per heavy atom. The standard InChI is InChI=1S/C24H18I2O.2F6P/c1-3-7-19(8-4-1)25-21-11-15-23(16-12-21)27-24-17-13-22(14-18-24)26-20-9-5-2-6-10-20;2*1-7(2,3,4,5)6/h1-18H;;/q+2;2*-1. The second-order valence-corrected chi connectivity index (χ2v) is 17.6. The molecule has 0 fully saturated rings. The molecule has 4 aromatic carbocycles. The summed E-state index contributed by atoms with van der Waals surface area (Å²) >= 11 is -0.252. The van der Waals surface area contributed by atoms with Crippen LogP contribution in [0.4, 0.5) is 50.4 Å². The fourth-order valence-corrected chi connectivity index (χ4v) is 6.90. The summed E-state index contributed by atoms with van der Waals surface area (Å²) in [5, 5.41) is 0. The summed E-state index contributed by atoms with van der Waals surface area (Å²) < 4.78 is 130. The number of halogens is 14. The van der Waals surface area contributed by atoms with Crippen molar-refractivity contribution in [1.29, 1.82) is 0 Å². The van der Waals surface area contributed by atoms with Crippen molar-refractivity contribution in [3.8, 4) is 11.5 Å². The first-order valence-corrected chi connectivity index (χ1v) is 19.0. The molecule has 0 unspecified atom stereocenters. The molecule has 1 nitrogen and oxygen atoms in total. The topological polar surface area (TPSA) is 9.23 Å². The van der Waals surface area contributed by atoms with Crippen molar-refractivity contribution in [1.82, 2.24) is 0 Å². The number of hydrogen-bond acceptors (Lipinski definition) is 1. The minimum Gasteiger partial charge on any atom is -0.457 e. The summed E-state index contributed by atoms with van der Waals surface area (Å²) in [4.78, 5) is 0. The van der Waals surface area contributed by atoms with Crippen LogP contribution in [0.25, 0.3) is 0 Å². The summed E-state index contributed by atoms with van der Waals surface area (Å²) in [5.74, 6) is 1.78. The normalized spacial score (nSPS) is 14.8. The molecule has 0 N–H and O–H groups in total. The van der Waals surface area contributed by atoms with Gasteiger partial charge in [-0.1, -0.05) is 36.4 Å². The Hall–Kier alpha value is -1.84. The molecule has 17 heteroatoms. The summed E-state index contributed by atoms with van der Waals surface area (Å²) in [6, 6.07) is 38.4. The second-order valence-electron chi connectivity index (χ2n) is 7.71. The molecule has 0 saturated heterocycles. The summed E-state index contributed by atoms with van der Waals surface area (Å²) in [7, 11) is -21.3. The van der Waals surface area contributed by atoms with Crippen LogP contribution >= 0.6 is 15.6 Å². The number of rotatable bonds is 6. The third kappa shape index (κ3) is 23.4. The first kappa shape index (κ1) is 35.4. The van der Waals surface area contributed by atoms with Gasteiger partial charge in [-0.25, -0.2) is 0 Å². The van der Waals surface area contributed by atoms with Crippen LogP contribution in [0.1, 0.15) is 0 Å². The van der Waals surface area contributed by atoms with Gasteiger partial charge in [0.05, 0.1) is 0 Å². The molecular formula is C24H18F12I2OP2. The molecule has 4 rings (SSSR count). The van der Waals surface area contributed by atoms with Crippen LogP contribution in [0.3, 0.4) is 0 Å². The van der Waals surface area contributed by atoms with Gasteiger partial charge in [-0.15, -0.1) is 0 Å². The number of benzene rings is 4. The van der Waals surface area contributed by atoms with E-state index in [0.717, 1.165) is 11.5 Å². The third-order valence-electron chi connectivity index (χ3n) is 3.77. The minimum atomic E-state index is -10.7. The Morgan fingerprint density at radius 3 is 0.805 bits per heavy atom. The molecular weight excluding hydrogens is 848 g/mol. The molecule has 0 aliphatic rings. The summed E-state index contributed by atoms with van der Waals surface area (Å²) in [6.07, 6.45) is 0. The zero-order chi connectivity index (χ0) is 31.1. The van der Waals surface area contributed by atoms with Crippen LogP contribution in [0.2, 0.25) is 0 Å². The quantitative estimate of drug-likeness (QED) is 0.122. The number of hydrogen-bond donors (Lipinski definition) is 0. The van der Waals surface area contributed by atoms with Crippen LogP contribution in [0.5, 0.6) is 11.5 Å². The Balaban J connectivity index is 0.000000349. The minimum absolute atomic E-state index is 0.126. The molecule has 0 atom stereocenters.